The van der Waals surface area contributed by atoms with Gasteiger partial charge < -0.3 is 35.1 Å². The number of nitrogens with zero attached hydrogens (tertiary/aromatic N) is 1. The number of ether oxygens (including phenoxy) is 1. The highest BCUT2D eigenvalue weighted by atomic mass is 16.8. The molecule has 8 heteroatoms. The van der Waals surface area contributed by atoms with Crippen LogP contribution < -0.4 is 4.84 Å². The van der Waals surface area contributed by atoms with Gasteiger partial charge >= 0.3 is 0 Å². The van der Waals surface area contributed by atoms with Crippen molar-refractivity contribution in [3.8, 4) is 5.75 Å². The summed E-state index contributed by atoms with van der Waals surface area (Å²) in [5, 5.41) is 48.9. The Balaban J connectivity index is 1.87. The van der Waals surface area contributed by atoms with Crippen molar-refractivity contribution in [3.63, 3.8) is 0 Å². The smallest absolute Gasteiger partial charge is 0.254 e. The van der Waals surface area contributed by atoms with Crippen LogP contribution in [0.2, 0.25) is 0 Å². The van der Waals surface area contributed by atoms with Crippen LogP contribution in [0.4, 0.5) is 0 Å². The topological polar surface area (TPSA) is 125 Å². The first-order valence-electron chi connectivity index (χ1n) is 6.79. The normalized spacial score (nSPS) is 32.3. The lowest BCUT2D eigenvalue weighted by Crippen LogP contribution is -2.61. The second kappa shape index (κ2) is 5.75. The summed E-state index contributed by atoms with van der Waals surface area (Å²) in [6.45, 7) is -0.539. The van der Waals surface area contributed by atoms with Crippen LogP contribution in [0.3, 0.4) is 0 Å². The van der Waals surface area contributed by atoms with E-state index in [4.69, 9.17) is 14.7 Å². The van der Waals surface area contributed by atoms with Crippen molar-refractivity contribution in [2.24, 2.45) is 0 Å². The van der Waals surface area contributed by atoms with Gasteiger partial charge in [-0.15, -0.1) is 0 Å². The average Bonchev–Trinajstić information content (AvgIpc) is 2.84. The van der Waals surface area contributed by atoms with Crippen molar-refractivity contribution in [3.05, 3.63) is 30.5 Å². The molecule has 8 nitrogen and oxygen atoms in total. The molecule has 1 aromatic heterocycles. The van der Waals surface area contributed by atoms with E-state index in [9.17, 15) is 20.4 Å². The van der Waals surface area contributed by atoms with Gasteiger partial charge in [-0.1, -0.05) is 12.1 Å². The lowest BCUT2D eigenvalue weighted by atomic mass is 9.99. The molecule has 0 radical (unpaired) electrons. The second-order valence-electron chi connectivity index (χ2n) is 5.16. The minimum absolute atomic E-state index is 0.0137. The van der Waals surface area contributed by atoms with Gasteiger partial charge in [-0.2, -0.15) is 4.73 Å². The van der Waals surface area contributed by atoms with Crippen LogP contribution in [0.1, 0.15) is 0 Å². The largest absolute Gasteiger partial charge is 0.506 e. The number of aromatic hydroxyl groups is 1. The molecule has 0 unspecified atom stereocenters. The number of aromatic nitrogens is 1. The second-order valence-corrected chi connectivity index (χ2v) is 5.16. The van der Waals surface area contributed by atoms with E-state index in [1.54, 1.807) is 24.3 Å². The number of hydrogen-bond donors (Lipinski definition) is 5. The van der Waals surface area contributed by atoms with E-state index in [1.807, 2.05) is 0 Å². The highest BCUT2D eigenvalue weighted by Gasteiger charge is 2.45. The van der Waals surface area contributed by atoms with E-state index in [1.165, 1.54) is 10.9 Å². The molecule has 1 aliphatic rings. The fourth-order valence-corrected chi connectivity index (χ4v) is 2.49. The summed E-state index contributed by atoms with van der Waals surface area (Å²) in [7, 11) is 0. The molecule has 1 fully saturated rings. The van der Waals surface area contributed by atoms with Gasteiger partial charge in [0.2, 0.25) is 0 Å². The number of aliphatic hydroxyl groups excluding tert-OH is 4. The third kappa shape index (κ3) is 2.40. The molecule has 2 heterocycles. The number of rotatable bonds is 3. The van der Waals surface area contributed by atoms with Crippen LogP contribution in [0.25, 0.3) is 10.9 Å². The number of benzene rings is 1. The highest BCUT2D eigenvalue weighted by Crippen LogP contribution is 2.27. The van der Waals surface area contributed by atoms with E-state index < -0.39 is 37.3 Å². The first-order chi connectivity index (χ1) is 10.5. The van der Waals surface area contributed by atoms with Gasteiger partial charge in [0.05, 0.1) is 18.3 Å². The van der Waals surface area contributed by atoms with Gasteiger partial charge in [0, 0.05) is 5.39 Å². The molecule has 22 heavy (non-hydrogen) atoms. The van der Waals surface area contributed by atoms with Gasteiger partial charge in [0.1, 0.15) is 30.2 Å². The molecule has 0 bridgehead atoms. The standard InChI is InChI=1S/C14H17NO7/c16-6-10-11(18)12(19)13(20)14(21-10)22-15-5-9(17)7-3-1-2-4-8(7)15/h1-5,10-14,16-20H,6H2/t10-,11+,12+,13-,14-/m1/s1. The SMILES string of the molecule is OC[C@H]1O[C@H](On2cc(O)c3ccccc32)[C@H](O)[C@@H](O)[C@H]1O. The van der Waals surface area contributed by atoms with Crippen molar-refractivity contribution < 1.29 is 35.1 Å². The fourth-order valence-electron chi connectivity index (χ4n) is 2.49. The molecular weight excluding hydrogens is 294 g/mol. The number of hydrogen-bond acceptors (Lipinski definition) is 7. The number of aliphatic hydroxyl groups is 4. The first-order valence-corrected chi connectivity index (χ1v) is 6.79. The molecule has 0 saturated carbocycles. The fraction of sp³-hybridized carbons (Fsp3) is 0.429. The Bertz CT molecular complexity index is 656. The summed E-state index contributed by atoms with van der Waals surface area (Å²) in [6.07, 6.45) is -5.56. The minimum atomic E-state index is -1.52. The molecule has 0 aliphatic carbocycles. The van der Waals surface area contributed by atoms with Crippen LogP contribution in [0.5, 0.6) is 5.75 Å². The quantitative estimate of drug-likeness (QED) is 0.471. The summed E-state index contributed by atoms with van der Waals surface area (Å²) >= 11 is 0. The minimum Gasteiger partial charge on any atom is -0.506 e. The van der Waals surface area contributed by atoms with Gasteiger partial charge in [0.15, 0.2) is 0 Å². The Kier molecular flexibility index (Phi) is 3.94. The van der Waals surface area contributed by atoms with Crippen LogP contribution in [0, 0.1) is 0 Å². The Morgan fingerprint density at radius 3 is 2.55 bits per heavy atom. The molecule has 0 amide bonds. The monoisotopic (exact) mass is 311 g/mol. The molecule has 120 valence electrons. The van der Waals surface area contributed by atoms with E-state index in [0.29, 0.717) is 10.9 Å². The zero-order chi connectivity index (χ0) is 15.9. The van der Waals surface area contributed by atoms with E-state index >= 15 is 0 Å². The summed E-state index contributed by atoms with van der Waals surface area (Å²) in [4.78, 5) is 5.45. The van der Waals surface area contributed by atoms with E-state index in [0.717, 1.165) is 0 Å². The van der Waals surface area contributed by atoms with Gasteiger partial charge in [0.25, 0.3) is 6.29 Å². The first kappa shape index (κ1) is 15.1. The predicted molar refractivity (Wildman–Crippen MR) is 74.0 cm³/mol. The molecule has 3 rings (SSSR count). The summed E-state index contributed by atoms with van der Waals surface area (Å²) < 4.78 is 6.46. The third-order valence-corrected chi connectivity index (χ3v) is 3.72. The van der Waals surface area contributed by atoms with Crippen LogP contribution in [0.15, 0.2) is 30.5 Å². The number of para-hydroxylation sites is 1. The van der Waals surface area contributed by atoms with Gasteiger partial charge in [-0.05, 0) is 12.1 Å². The zero-order valence-electron chi connectivity index (χ0n) is 11.5. The molecule has 1 aliphatic heterocycles. The molecule has 1 saturated heterocycles. The zero-order valence-corrected chi connectivity index (χ0v) is 11.5. The van der Waals surface area contributed by atoms with Crippen molar-refractivity contribution in [2.75, 3.05) is 6.61 Å². The molecule has 5 atom stereocenters. The molecular formula is C14H17NO7. The van der Waals surface area contributed by atoms with Crippen molar-refractivity contribution in [1.82, 2.24) is 4.73 Å². The Labute approximate surface area is 125 Å². The lowest BCUT2D eigenvalue weighted by molar-refractivity contribution is -0.299. The van der Waals surface area contributed by atoms with Gasteiger partial charge in [-0.25, -0.2) is 0 Å². The van der Waals surface area contributed by atoms with Gasteiger partial charge in [-0.3, -0.25) is 0 Å². The van der Waals surface area contributed by atoms with Crippen molar-refractivity contribution >= 4 is 10.9 Å². The molecule has 1 aromatic carbocycles. The summed E-state index contributed by atoms with van der Waals surface area (Å²) in [5.41, 5.74) is 0.539. The Morgan fingerprint density at radius 2 is 1.82 bits per heavy atom. The maximum atomic E-state index is 9.94. The summed E-state index contributed by atoms with van der Waals surface area (Å²) in [6, 6.07) is 6.88. The summed E-state index contributed by atoms with van der Waals surface area (Å²) in [5.74, 6) is -0.0137. The molecule has 0 spiro atoms. The van der Waals surface area contributed by atoms with Crippen LogP contribution in [-0.2, 0) is 4.74 Å². The van der Waals surface area contributed by atoms with Crippen molar-refractivity contribution in [2.45, 2.75) is 30.7 Å². The van der Waals surface area contributed by atoms with E-state index in [-0.39, 0.29) is 5.75 Å². The van der Waals surface area contributed by atoms with Crippen molar-refractivity contribution in [1.29, 1.82) is 0 Å². The van der Waals surface area contributed by atoms with Crippen LogP contribution >= 0.6 is 0 Å². The highest BCUT2D eigenvalue weighted by molar-refractivity contribution is 5.86. The molecule has 2 aromatic rings. The average molecular weight is 311 g/mol. The maximum Gasteiger partial charge on any atom is 0.254 e. The maximum absolute atomic E-state index is 9.94. The third-order valence-electron chi connectivity index (χ3n) is 3.72. The molecule has 5 N–H and O–H groups in total. The van der Waals surface area contributed by atoms with Crippen LogP contribution in [-0.4, -0.2) is 67.6 Å². The Morgan fingerprint density at radius 1 is 1.09 bits per heavy atom. The Hall–Kier alpha value is -1.84. The van der Waals surface area contributed by atoms with E-state index in [2.05, 4.69) is 0 Å². The lowest BCUT2D eigenvalue weighted by Gasteiger charge is -2.39. The number of fused-ring (bicyclic) bond motifs is 1. The predicted octanol–water partition coefficient (Wildman–Crippen LogP) is -1.42.